The van der Waals surface area contributed by atoms with E-state index in [-0.39, 0.29) is 0 Å². The highest BCUT2D eigenvalue weighted by atomic mass is 16.5. The van der Waals surface area contributed by atoms with E-state index in [1.807, 2.05) is 30.3 Å². The number of ether oxygens (including phenoxy) is 1. The predicted molar refractivity (Wildman–Crippen MR) is 94.3 cm³/mol. The van der Waals surface area contributed by atoms with E-state index in [0.717, 1.165) is 38.0 Å². The van der Waals surface area contributed by atoms with Crippen molar-refractivity contribution in [3.8, 4) is 0 Å². The second-order valence-electron chi connectivity index (χ2n) is 5.84. The van der Waals surface area contributed by atoms with Crippen LogP contribution in [0.4, 0.5) is 4.79 Å². The van der Waals surface area contributed by atoms with E-state index in [1.54, 1.807) is 0 Å². The van der Waals surface area contributed by atoms with Crippen molar-refractivity contribution in [2.75, 3.05) is 26.3 Å². The average Bonchev–Trinajstić information content (AvgIpc) is 2.57. The fraction of sp³-hybridized carbons (Fsp3) is 0.611. The van der Waals surface area contributed by atoms with Gasteiger partial charge in [0, 0.05) is 19.8 Å². The van der Waals surface area contributed by atoms with E-state index in [9.17, 15) is 9.90 Å². The fourth-order valence-corrected chi connectivity index (χ4v) is 2.35. The van der Waals surface area contributed by atoms with Crippen LogP contribution in [0, 0.1) is 0 Å². The molecule has 1 rings (SSSR count). The molecule has 1 amide bonds. The average molecular weight is 338 g/mol. The maximum absolute atomic E-state index is 10.9. The Morgan fingerprint density at radius 2 is 1.92 bits per heavy atom. The van der Waals surface area contributed by atoms with E-state index in [4.69, 9.17) is 9.84 Å². The van der Waals surface area contributed by atoms with Crippen LogP contribution < -0.4 is 10.6 Å². The molecular formula is C18H30N2O4. The Morgan fingerprint density at radius 1 is 1.21 bits per heavy atom. The number of nitrogens with one attached hydrogen (secondary N) is 2. The standard InChI is InChI=1S/C18H30N2O4/c1-2-3-11-24-12-7-10-19-14-17(21)16(20-18(22)23)13-15-8-5-4-6-9-15/h4-6,8-9,16-17,19-21H,2-3,7,10-14H2,1H3,(H,22,23)/t16-,17+/m0/s1. The number of carboxylic acid groups (broad SMARTS) is 1. The number of rotatable bonds is 13. The molecule has 0 bridgehead atoms. The normalized spacial score (nSPS) is 13.4. The summed E-state index contributed by atoms with van der Waals surface area (Å²) in [5.74, 6) is 0. The Kier molecular flexibility index (Phi) is 10.8. The number of unbranched alkanes of at least 4 members (excludes halogenated alkanes) is 1. The van der Waals surface area contributed by atoms with E-state index in [2.05, 4.69) is 17.6 Å². The van der Waals surface area contributed by atoms with E-state index in [1.165, 1.54) is 0 Å². The Bertz CT molecular complexity index is 442. The predicted octanol–water partition coefficient (Wildman–Crippen LogP) is 2.02. The second-order valence-corrected chi connectivity index (χ2v) is 5.84. The number of aliphatic hydroxyl groups excluding tert-OH is 1. The molecular weight excluding hydrogens is 308 g/mol. The highest BCUT2D eigenvalue weighted by molar-refractivity contribution is 5.65. The zero-order valence-corrected chi connectivity index (χ0v) is 14.4. The smallest absolute Gasteiger partial charge is 0.404 e. The van der Waals surface area contributed by atoms with Gasteiger partial charge < -0.3 is 25.6 Å². The molecule has 1 aromatic carbocycles. The van der Waals surface area contributed by atoms with Crippen molar-refractivity contribution in [1.82, 2.24) is 10.6 Å². The van der Waals surface area contributed by atoms with Crippen molar-refractivity contribution in [1.29, 1.82) is 0 Å². The molecule has 0 saturated heterocycles. The summed E-state index contributed by atoms with van der Waals surface area (Å²) < 4.78 is 5.47. The molecule has 0 aliphatic rings. The van der Waals surface area contributed by atoms with Crippen molar-refractivity contribution < 1.29 is 19.7 Å². The summed E-state index contributed by atoms with van der Waals surface area (Å²) in [4.78, 5) is 10.9. The molecule has 0 unspecified atom stereocenters. The molecule has 0 aliphatic heterocycles. The van der Waals surface area contributed by atoms with Crippen LogP contribution in [0.1, 0.15) is 31.7 Å². The Morgan fingerprint density at radius 3 is 2.58 bits per heavy atom. The molecule has 0 spiro atoms. The van der Waals surface area contributed by atoms with Gasteiger partial charge in [-0.05, 0) is 31.4 Å². The van der Waals surface area contributed by atoms with E-state index < -0.39 is 18.2 Å². The number of carbonyl (C=O) groups is 1. The summed E-state index contributed by atoms with van der Waals surface area (Å²) in [7, 11) is 0. The van der Waals surface area contributed by atoms with Crippen LogP contribution in [0.2, 0.25) is 0 Å². The molecule has 0 aliphatic carbocycles. The van der Waals surface area contributed by atoms with Gasteiger partial charge in [0.05, 0.1) is 12.1 Å². The van der Waals surface area contributed by atoms with Crippen molar-refractivity contribution in [3.05, 3.63) is 35.9 Å². The lowest BCUT2D eigenvalue weighted by Gasteiger charge is -2.23. The highest BCUT2D eigenvalue weighted by Crippen LogP contribution is 2.06. The summed E-state index contributed by atoms with van der Waals surface area (Å²) in [5.41, 5.74) is 0.986. The van der Waals surface area contributed by atoms with Crippen LogP contribution in [-0.4, -0.2) is 54.8 Å². The van der Waals surface area contributed by atoms with Crippen molar-refractivity contribution in [2.24, 2.45) is 0 Å². The lowest BCUT2D eigenvalue weighted by molar-refractivity contribution is 0.112. The first-order valence-corrected chi connectivity index (χ1v) is 8.63. The zero-order valence-electron chi connectivity index (χ0n) is 14.4. The number of aliphatic hydroxyl groups is 1. The van der Waals surface area contributed by atoms with Crippen molar-refractivity contribution >= 4 is 6.09 Å². The van der Waals surface area contributed by atoms with E-state index in [0.29, 0.717) is 19.6 Å². The summed E-state index contributed by atoms with van der Waals surface area (Å²) >= 11 is 0. The minimum absolute atomic E-state index is 0.340. The molecule has 24 heavy (non-hydrogen) atoms. The van der Waals surface area contributed by atoms with Gasteiger partial charge in [-0.2, -0.15) is 0 Å². The minimum Gasteiger partial charge on any atom is -0.465 e. The monoisotopic (exact) mass is 338 g/mol. The first kappa shape index (κ1) is 20.4. The first-order chi connectivity index (χ1) is 11.6. The maximum atomic E-state index is 10.9. The van der Waals surface area contributed by atoms with Crippen LogP contribution in [0.15, 0.2) is 30.3 Å². The Labute approximate surface area is 144 Å². The summed E-state index contributed by atoms with van der Waals surface area (Å²) in [6.07, 6.45) is 1.61. The van der Waals surface area contributed by atoms with Crippen molar-refractivity contribution in [2.45, 2.75) is 44.8 Å². The van der Waals surface area contributed by atoms with E-state index >= 15 is 0 Å². The van der Waals surface area contributed by atoms with Gasteiger partial charge in [-0.25, -0.2) is 4.79 Å². The topological polar surface area (TPSA) is 90.8 Å². The molecule has 0 aromatic heterocycles. The molecule has 0 fully saturated rings. The first-order valence-electron chi connectivity index (χ1n) is 8.63. The van der Waals surface area contributed by atoms with Gasteiger partial charge in [0.25, 0.3) is 0 Å². The van der Waals surface area contributed by atoms with Gasteiger partial charge in [-0.15, -0.1) is 0 Å². The third-order valence-corrected chi connectivity index (χ3v) is 3.71. The Balaban J connectivity index is 2.28. The Hall–Kier alpha value is -1.63. The number of hydrogen-bond donors (Lipinski definition) is 4. The number of amides is 1. The third kappa shape index (κ3) is 9.50. The van der Waals surface area contributed by atoms with Crippen LogP contribution >= 0.6 is 0 Å². The van der Waals surface area contributed by atoms with Crippen LogP contribution in [0.25, 0.3) is 0 Å². The molecule has 136 valence electrons. The lowest BCUT2D eigenvalue weighted by Crippen LogP contribution is -2.48. The SMILES string of the molecule is CCCCOCCCNC[C@@H](O)[C@H](Cc1ccccc1)NC(=O)O. The largest absolute Gasteiger partial charge is 0.465 e. The molecule has 6 heteroatoms. The molecule has 0 heterocycles. The van der Waals surface area contributed by atoms with Crippen LogP contribution in [-0.2, 0) is 11.2 Å². The third-order valence-electron chi connectivity index (χ3n) is 3.71. The molecule has 2 atom stereocenters. The lowest BCUT2D eigenvalue weighted by atomic mass is 10.0. The fourth-order valence-electron chi connectivity index (χ4n) is 2.35. The van der Waals surface area contributed by atoms with Crippen molar-refractivity contribution in [3.63, 3.8) is 0 Å². The summed E-state index contributed by atoms with van der Waals surface area (Å²) in [6.45, 7) is 4.69. The van der Waals surface area contributed by atoms with Gasteiger partial charge in [-0.3, -0.25) is 0 Å². The van der Waals surface area contributed by atoms with Gasteiger partial charge in [-0.1, -0.05) is 43.7 Å². The van der Waals surface area contributed by atoms with Gasteiger partial charge in [0.2, 0.25) is 0 Å². The highest BCUT2D eigenvalue weighted by Gasteiger charge is 2.21. The van der Waals surface area contributed by atoms with Gasteiger partial charge in [0.1, 0.15) is 0 Å². The summed E-state index contributed by atoms with van der Waals surface area (Å²) in [6, 6.07) is 9.00. The number of hydrogen-bond acceptors (Lipinski definition) is 4. The molecule has 0 saturated carbocycles. The molecule has 4 N–H and O–H groups in total. The quantitative estimate of drug-likeness (QED) is 0.413. The van der Waals surface area contributed by atoms with Crippen LogP contribution in [0.5, 0.6) is 0 Å². The summed E-state index contributed by atoms with van der Waals surface area (Å²) in [5, 5.41) is 24.8. The zero-order chi connectivity index (χ0) is 17.6. The van der Waals surface area contributed by atoms with Crippen LogP contribution in [0.3, 0.4) is 0 Å². The van der Waals surface area contributed by atoms with Gasteiger partial charge in [0.15, 0.2) is 0 Å². The maximum Gasteiger partial charge on any atom is 0.404 e. The molecule has 0 radical (unpaired) electrons. The number of benzene rings is 1. The molecule has 6 nitrogen and oxygen atoms in total. The minimum atomic E-state index is -1.13. The molecule has 1 aromatic rings. The van der Waals surface area contributed by atoms with Gasteiger partial charge >= 0.3 is 6.09 Å². The second kappa shape index (κ2) is 12.8.